The molecule has 0 N–H and O–H groups in total. The van der Waals surface area contributed by atoms with Crippen LogP contribution in [0.4, 0.5) is 4.39 Å². The lowest BCUT2D eigenvalue weighted by atomic mass is 9.99. The van der Waals surface area contributed by atoms with Crippen molar-refractivity contribution in [3.05, 3.63) is 64.1 Å². The Morgan fingerprint density at radius 3 is 2.67 bits per heavy atom. The second-order valence-corrected chi connectivity index (χ2v) is 5.48. The van der Waals surface area contributed by atoms with E-state index in [2.05, 4.69) is 21.0 Å². The van der Waals surface area contributed by atoms with E-state index in [-0.39, 0.29) is 11.6 Å². The van der Waals surface area contributed by atoms with Crippen LogP contribution < -0.4 is 0 Å². The fourth-order valence-electron chi connectivity index (χ4n) is 2.42. The smallest absolute Gasteiger partial charge is 0.212 e. The van der Waals surface area contributed by atoms with Gasteiger partial charge in [0.1, 0.15) is 11.5 Å². The average Bonchev–Trinajstić information content (AvgIpc) is 2.88. The standard InChI is InChI=1S/C16H12BrFN2O/c1-2-20-15(13(17)9-19-20)16(21)12-7-8-14(18)11-6-4-3-5-10(11)12/h3-9H,2H2,1H3. The van der Waals surface area contributed by atoms with Crippen molar-refractivity contribution in [1.82, 2.24) is 9.78 Å². The Balaban J connectivity index is 2.23. The first kappa shape index (κ1) is 13.9. The molecule has 0 atom stereocenters. The van der Waals surface area contributed by atoms with Gasteiger partial charge in [0.25, 0.3) is 0 Å². The van der Waals surface area contributed by atoms with Crippen LogP contribution in [0.1, 0.15) is 23.0 Å². The van der Waals surface area contributed by atoms with Crippen molar-refractivity contribution >= 4 is 32.5 Å². The van der Waals surface area contributed by atoms with Gasteiger partial charge in [0, 0.05) is 17.5 Å². The molecule has 3 aromatic rings. The van der Waals surface area contributed by atoms with Crippen LogP contribution in [0.2, 0.25) is 0 Å². The maximum absolute atomic E-state index is 13.9. The van der Waals surface area contributed by atoms with Crippen molar-refractivity contribution < 1.29 is 9.18 Å². The number of carbonyl (C=O) groups excluding carboxylic acids is 1. The maximum Gasteiger partial charge on any atom is 0.212 e. The second-order valence-electron chi connectivity index (χ2n) is 4.63. The summed E-state index contributed by atoms with van der Waals surface area (Å²) in [7, 11) is 0. The van der Waals surface area contributed by atoms with E-state index in [9.17, 15) is 9.18 Å². The van der Waals surface area contributed by atoms with Gasteiger partial charge in [0.05, 0.1) is 10.7 Å². The van der Waals surface area contributed by atoms with Gasteiger partial charge in [-0.3, -0.25) is 9.48 Å². The number of hydrogen-bond acceptors (Lipinski definition) is 2. The van der Waals surface area contributed by atoms with Crippen LogP contribution in [-0.2, 0) is 6.54 Å². The highest BCUT2D eigenvalue weighted by Gasteiger charge is 2.20. The predicted octanol–water partition coefficient (Wildman–Crippen LogP) is 4.19. The van der Waals surface area contributed by atoms with Gasteiger partial charge >= 0.3 is 0 Å². The lowest BCUT2D eigenvalue weighted by molar-refractivity contribution is 0.103. The number of hydrogen-bond donors (Lipinski definition) is 0. The average molecular weight is 347 g/mol. The van der Waals surface area contributed by atoms with E-state index < -0.39 is 0 Å². The van der Waals surface area contributed by atoms with Gasteiger partial charge in [-0.05, 0) is 40.4 Å². The van der Waals surface area contributed by atoms with Crippen LogP contribution in [-0.4, -0.2) is 15.6 Å². The molecule has 0 aliphatic carbocycles. The Kier molecular flexibility index (Phi) is 3.59. The third kappa shape index (κ3) is 2.27. The Morgan fingerprint density at radius 1 is 1.24 bits per heavy atom. The number of benzene rings is 2. The molecule has 0 saturated heterocycles. The minimum absolute atomic E-state index is 0.169. The highest BCUT2D eigenvalue weighted by atomic mass is 79.9. The number of rotatable bonds is 3. The SMILES string of the molecule is CCn1ncc(Br)c1C(=O)c1ccc(F)c2ccccc12. The van der Waals surface area contributed by atoms with Gasteiger partial charge in [0.2, 0.25) is 5.78 Å². The van der Waals surface area contributed by atoms with E-state index in [0.717, 1.165) is 0 Å². The van der Waals surface area contributed by atoms with Crippen molar-refractivity contribution in [1.29, 1.82) is 0 Å². The normalized spacial score (nSPS) is 11.0. The maximum atomic E-state index is 13.9. The van der Waals surface area contributed by atoms with E-state index in [1.54, 1.807) is 35.1 Å². The summed E-state index contributed by atoms with van der Waals surface area (Å²) >= 11 is 3.36. The fourth-order valence-corrected chi connectivity index (χ4v) is 2.89. The Hall–Kier alpha value is -2.01. The van der Waals surface area contributed by atoms with Gasteiger partial charge in [-0.1, -0.05) is 24.3 Å². The zero-order chi connectivity index (χ0) is 15.0. The summed E-state index contributed by atoms with van der Waals surface area (Å²) in [6.07, 6.45) is 1.60. The highest BCUT2D eigenvalue weighted by Crippen LogP contribution is 2.26. The summed E-state index contributed by atoms with van der Waals surface area (Å²) in [5, 5.41) is 5.21. The first-order chi connectivity index (χ1) is 10.1. The number of aryl methyl sites for hydroxylation is 1. The van der Waals surface area contributed by atoms with Crippen molar-refractivity contribution in [2.24, 2.45) is 0 Å². The molecule has 5 heteroatoms. The van der Waals surface area contributed by atoms with E-state index in [0.29, 0.717) is 33.0 Å². The van der Waals surface area contributed by atoms with E-state index >= 15 is 0 Å². The van der Waals surface area contributed by atoms with Crippen molar-refractivity contribution in [3.63, 3.8) is 0 Å². The van der Waals surface area contributed by atoms with Crippen LogP contribution in [0, 0.1) is 5.82 Å². The zero-order valence-electron chi connectivity index (χ0n) is 11.3. The predicted molar refractivity (Wildman–Crippen MR) is 82.9 cm³/mol. The Labute approximate surface area is 129 Å². The molecule has 106 valence electrons. The Bertz CT molecular complexity index is 841. The number of aromatic nitrogens is 2. The molecular formula is C16H12BrFN2O. The van der Waals surface area contributed by atoms with Crippen LogP contribution in [0.25, 0.3) is 10.8 Å². The summed E-state index contributed by atoms with van der Waals surface area (Å²) in [6, 6.07) is 9.84. The molecule has 0 unspecified atom stereocenters. The highest BCUT2D eigenvalue weighted by molar-refractivity contribution is 9.10. The fraction of sp³-hybridized carbons (Fsp3) is 0.125. The molecule has 0 radical (unpaired) electrons. The first-order valence-corrected chi connectivity index (χ1v) is 7.36. The minimum Gasteiger partial charge on any atom is -0.287 e. The molecule has 0 spiro atoms. The molecule has 0 saturated carbocycles. The number of carbonyl (C=O) groups is 1. The summed E-state index contributed by atoms with van der Waals surface area (Å²) in [5.41, 5.74) is 0.956. The molecule has 21 heavy (non-hydrogen) atoms. The monoisotopic (exact) mass is 346 g/mol. The van der Waals surface area contributed by atoms with Gasteiger partial charge in [0.15, 0.2) is 0 Å². The van der Waals surface area contributed by atoms with Crippen LogP contribution >= 0.6 is 15.9 Å². The third-order valence-corrected chi connectivity index (χ3v) is 4.01. The number of fused-ring (bicyclic) bond motifs is 1. The van der Waals surface area contributed by atoms with Crippen molar-refractivity contribution in [3.8, 4) is 0 Å². The van der Waals surface area contributed by atoms with Crippen molar-refractivity contribution in [2.75, 3.05) is 0 Å². The largest absolute Gasteiger partial charge is 0.287 e. The summed E-state index contributed by atoms with van der Waals surface area (Å²) in [5.74, 6) is -0.498. The molecule has 0 aliphatic rings. The summed E-state index contributed by atoms with van der Waals surface area (Å²) < 4.78 is 16.1. The molecule has 1 heterocycles. The molecule has 3 nitrogen and oxygen atoms in total. The Morgan fingerprint density at radius 2 is 1.95 bits per heavy atom. The lowest BCUT2D eigenvalue weighted by Crippen LogP contribution is -2.11. The summed E-state index contributed by atoms with van der Waals surface area (Å²) in [4.78, 5) is 12.8. The van der Waals surface area contributed by atoms with Crippen LogP contribution in [0.3, 0.4) is 0 Å². The first-order valence-electron chi connectivity index (χ1n) is 6.56. The quantitative estimate of drug-likeness (QED) is 0.666. The number of nitrogens with zero attached hydrogens (tertiary/aromatic N) is 2. The van der Waals surface area contributed by atoms with Crippen molar-refractivity contribution in [2.45, 2.75) is 13.5 Å². The van der Waals surface area contributed by atoms with E-state index in [4.69, 9.17) is 0 Å². The number of halogens is 2. The van der Waals surface area contributed by atoms with Gasteiger partial charge in [-0.15, -0.1) is 0 Å². The summed E-state index contributed by atoms with van der Waals surface area (Å²) in [6.45, 7) is 2.50. The lowest BCUT2D eigenvalue weighted by Gasteiger charge is -2.08. The molecule has 3 rings (SSSR count). The molecule has 0 bridgehead atoms. The van der Waals surface area contributed by atoms with Gasteiger partial charge in [-0.2, -0.15) is 5.10 Å². The van der Waals surface area contributed by atoms with Crippen LogP contribution in [0.15, 0.2) is 47.1 Å². The number of ketones is 1. The van der Waals surface area contributed by atoms with Gasteiger partial charge < -0.3 is 0 Å². The van der Waals surface area contributed by atoms with Crippen LogP contribution in [0.5, 0.6) is 0 Å². The molecule has 2 aromatic carbocycles. The molecule has 1 aromatic heterocycles. The molecule has 0 aliphatic heterocycles. The van der Waals surface area contributed by atoms with E-state index in [1.165, 1.54) is 12.1 Å². The van der Waals surface area contributed by atoms with E-state index in [1.807, 2.05) is 6.92 Å². The molecular weight excluding hydrogens is 335 g/mol. The second kappa shape index (κ2) is 5.41. The molecule has 0 amide bonds. The topological polar surface area (TPSA) is 34.9 Å². The van der Waals surface area contributed by atoms with Gasteiger partial charge in [-0.25, -0.2) is 4.39 Å². The molecule has 0 fully saturated rings. The third-order valence-electron chi connectivity index (χ3n) is 3.42. The minimum atomic E-state index is -0.329. The zero-order valence-corrected chi connectivity index (χ0v) is 12.9.